The molecule has 0 radical (unpaired) electrons. The van der Waals surface area contributed by atoms with Gasteiger partial charge in [-0.3, -0.25) is 4.79 Å². The van der Waals surface area contributed by atoms with Gasteiger partial charge in [0, 0.05) is 13.0 Å². The van der Waals surface area contributed by atoms with E-state index in [0.717, 1.165) is 25.3 Å². The van der Waals surface area contributed by atoms with Crippen molar-refractivity contribution in [2.75, 3.05) is 26.7 Å². The van der Waals surface area contributed by atoms with Gasteiger partial charge in [0.2, 0.25) is 0 Å². The fourth-order valence-corrected chi connectivity index (χ4v) is 1.95. The fourth-order valence-electron chi connectivity index (χ4n) is 1.95. The third kappa shape index (κ3) is 5.18. The topological polar surface area (TPSA) is 32.3 Å². The molecule has 0 aliphatic carbocycles. The molecule has 0 atom stereocenters. The highest BCUT2D eigenvalue weighted by molar-refractivity contribution is 5.93. The fraction of sp³-hybridized carbons (Fsp3) is 0.769. The molecule has 1 saturated heterocycles. The average molecular weight is 222 g/mol. The van der Waals surface area contributed by atoms with Gasteiger partial charge in [-0.2, -0.15) is 0 Å². The zero-order valence-electron chi connectivity index (χ0n) is 10.4. The Labute approximate surface area is 98.6 Å². The van der Waals surface area contributed by atoms with Crippen molar-refractivity contribution in [3.05, 3.63) is 0 Å². The minimum absolute atomic E-state index is 0.130. The number of carbonyl (C=O) groups is 1. The van der Waals surface area contributed by atoms with Crippen LogP contribution in [-0.4, -0.2) is 37.5 Å². The van der Waals surface area contributed by atoms with Crippen molar-refractivity contribution in [1.29, 1.82) is 0 Å². The lowest BCUT2D eigenvalue weighted by atomic mass is 9.94. The van der Waals surface area contributed by atoms with Gasteiger partial charge in [-0.1, -0.05) is 12.8 Å². The van der Waals surface area contributed by atoms with Gasteiger partial charge in [0.05, 0.1) is 0 Å². The molecule has 1 aliphatic heterocycles. The molecular formula is C13H22N2O. The molecule has 1 rings (SSSR count). The van der Waals surface area contributed by atoms with Crippen LogP contribution in [0.2, 0.25) is 0 Å². The molecule has 3 heteroatoms. The van der Waals surface area contributed by atoms with Gasteiger partial charge < -0.3 is 10.2 Å². The Morgan fingerprint density at radius 3 is 2.75 bits per heavy atom. The number of rotatable bonds is 3. The summed E-state index contributed by atoms with van der Waals surface area (Å²) in [4.78, 5) is 13.6. The second-order valence-corrected chi connectivity index (χ2v) is 4.45. The maximum Gasteiger partial charge on any atom is 0.295 e. The SMILES string of the molecule is CCC#CC(=O)NCCC1CCN(C)CC1. The predicted molar refractivity (Wildman–Crippen MR) is 65.9 cm³/mol. The number of likely N-dealkylation sites (tertiary alicyclic amines) is 1. The van der Waals surface area contributed by atoms with Crippen LogP contribution in [0.5, 0.6) is 0 Å². The second-order valence-electron chi connectivity index (χ2n) is 4.45. The highest BCUT2D eigenvalue weighted by Crippen LogP contribution is 2.18. The van der Waals surface area contributed by atoms with Crippen molar-refractivity contribution in [3.8, 4) is 11.8 Å². The largest absolute Gasteiger partial charge is 0.345 e. The molecule has 1 N–H and O–H groups in total. The molecule has 1 fully saturated rings. The van der Waals surface area contributed by atoms with Crippen LogP contribution in [0.4, 0.5) is 0 Å². The van der Waals surface area contributed by atoms with Gasteiger partial charge in [0.1, 0.15) is 0 Å². The zero-order chi connectivity index (χ0) is 11.8. The molecule has 1 heterocycles. The van der Waals surface area contributed by atoms with Crippen molar-refractivity contribution >= 4 is 5.91 Å². The number of nitrogens with zero attached hydrogens (tertiary/aromatic N) is 1. The second kappa shape index (κ2) is 7.29. The van der Waals surface area contributed by atoms with Gasteiger partial charge in [0.25, 0.3) is 5.91 Å². The van der Waals surface area contributed by atoms with Crippen LogP contribution in [0.15, 0.2) is 0 Å². The molecule has 1 amide bonds. The number of carbonyl (C=O) groups excluding carboxylic acids is 1. The number of nitrogens with one attached hydrogen (secondary N) is 1. The lowest BCUT2D eigenvalue weighted by Crippen LogP contribution is -2.32. The van der Waals surface area contributed by atoms with Crippen molar-refractivity contribution in [3.63, 3.8) is 0 Å². The third-order valence-electron chi connectivity index (χ3n) is 3.05. The lowest BCUT2D eigenvalue weighted by molar-refractivity contribution is -0.115. The highest BCUT2D eigenvalue weighted by Gasteiger charge is 2.15. The minimum atomic E-state index is -0.130. The van der Waals surface area contributed by atoms with Gasteiger partial charge in [-0.15, -0.1) is 0 Å². The van der Waals surface area contributed by atoms with E-state index < -0.39 is 0 Å². The predicted octanol–water partition coefficient (Wildman–Crippen LogP) is 1.25. The Hall–Kier alpha value is -1.01. The number of hydrogen-bond acceptors (Lipinski definition) is 2. The van der Waals surface area contributed by atoms with Crippen LogP contribution in [0.3, 0.4) is 0 Å². The Kier molecular flexibility index (Phi) is 5.95. The molecule has 0 bridgehead atoms. The summed E-state index contributed by atoms with van der Waals surface area (Å²) in [5.41, 5.74) is 0. The molecule has 0 aromatic carbocycles. The third-order valence-corrected chi connectivity index (χ3v) is 3.05. The molecule has 3 nitrogen and oxygen atoms in total. The molecule has 1 aliphatic rings. The molecule has 0 aromatic heterocycles. The van der Waals surface area contributed by atoms with Crippen LogP contribution < -0.4 is 5.32 Å². The number of amides is 1. The summed E-state index contributed by atoms with van der Waals surface area (Å²) in [6.07, 6.45) is 4.34. The standard InChI is InChI=1S/C13H22N2O/c1-3-4-5-13(16)14-9-6-12-7-10-15(2)11-8-12/h12H,3,6-11H2,1-2H3,(H,14,16). The van der Waals surface area contributed by atoms with Crippen molar-refractivity contribution in [1.82, 2.24) is 10.2 Å². The van der Waals surface area contributed by atoms with E-state index in [1.807, 2.05) is 6.92 Å². The van der Waals surface area contributed by atoms with Crippen molar-refractivity contribution in [2.45, 2.75) is 32.6 Å². The van der Waals surface area contributed by atoms with E-state index >= 15 is 0 Å². The number of hydrogen-bond donors (Lipinski definition) is 1. The van der Waals surface area contributed by atoms with E-state index in [2.05, 4.69) is 29.1 Å². The van der Waals surface area contributed by atoms with Gasteiger partial charge in [-0.05, 0) is 51.2 Å². The Bertz CT molecular complexity index is 269. The van der Waals surface area contributed by atoms with E-state index in [9.17, 15) is 4.79 Å². The highest BCUT2D eigenvalue weighted by atomic mass is 16.1. The molecule has 0 aromatic rings. The molecule has 16 heavy (non-hydrogen) atoms. The Morgan fingerprint density at radius 1 is 1.44 bits per heavy atom. The summed E-state index contributed by atoms with van der Waals surface area (Å²) in [7, 11) is 2.17. The lowest BCUT2D eigenvalue weighted by Gasteiger charge is -2.28. The first kappa shape index (κ1) is 13.1. The van der Waals surface area contributed by atoms with Crippen LogP contribution in [0.1, 0.15) is 32.6 Å². The molecule has 0 saturated carbocycles. The van der Waals surface area contributed by atoms with E-state index in [0.29, 0.717) is 0 Å². The van der Waals surface area contributed by atoms with Gasteiger partial charge in [-0.25, -0.2) is 0 Å². The Balaban J connectivity index is 2.09. The Morgan fingerprint density at radius 2 is 2.12 bits per heavy atom. The first-order valence-corrected chi connectivity index (χ1v) is 6.17. The van der Waals surface area contributed by atoms with E-state index in [1.165, 1.54) is 25.9 Å². The molecule has 0 spiro atoms. The summed E-state index contributed by atoms with van der Waals surface area (Å²) >= 11 is 0. The molecular weight excluding hydrogens is 200 g/mol. The normalized spacial score (nSPS) is 17.6. The maximum absolute atomic E-state index is 11.2. The molecule has 0 unspecified atom stereocenters. The number of piperidine rings is 1. The quantitative estimate of drug-likeness (QED) is 0.729. The van der Waals surface area contributed by atoms with Crippen molar-refractivity contribution in [2.24, 2.45) is 5.92 Å². The van der Waals surface area contributed by atoms with Crippen LogP contribution in [0.25, 0.3) is 0 Å². The van der Waals surface area contributed by atoms with E-state index in [4.69, 9.17) is 0 Å². The van der Waals surface area contributed by atoms with E-state index in [1.54, 1.807) is 0 Å². The molecule has 90 valence electrons. The summed E-state index contributed by atoms with van der Waals surface area (Å²) in [6.45, 7) is 5.09. The smallest absolute Gasteiger partial charge is 0.295 e. The minimum Gasteiger partial charge on any atom is -0.345 e. The average Bonchev–Trinajstić information content (AvgIpc) is 2.29. The maximum atomic E-state index is 11.2. The van der Waals surface area contributed by atoms with Gasteiger partial charge >= 0.3 is 0 Å². The summed E-state index contributed by atoms with van der Waals surface area (Å²) in [5.74, 6) is 5.99. The summed E-state index contributed by atoms with van der Waals surface area (Å²) in [6, 6.07) is 0. The first-order chi connectivity index (χ1) is 7.72. The van der Waals surface area contributed by atoms with Crippen LogP contribution in [-0.2, 0) is 4.79 Å². The van der Waals surface area contributed by atoms with Crippen molar-refractivity contribution < 1.29 is 4.79 Å². The summed E-state index contributed by atoms with van der Waals surface area (Å²) in [5, 5.41) is 2.85. The monoisotopic (exact) mass is 222 g/mol. The first-order valence-electron chi connectivity index (χ1n) is 6.17. The summed E-state index contributed by atoms with van der Waals surface area (Å²) < 4.78 is 0. The van der Waals surface area contributed by atoms with Crippen LogP contribution >= 0.6 is 0 Å². The van der Waals surface area contributed by atoms with E-state index in [-0.39, 0.29) is 5.91 Å². The van der Waals surface area contributed by atoms with Gasteiger partial charge in [0.15, 0.2) is 0 Å². The zero-order valence-corrected chi connectivity index (χ0v) is 10.4. The van der Waals surface area contributed by atoms with Crippen LogP contribution in [0, 0.1) is 17.8 Å².